The second-order valence-corrected chi connectivity index (χ2v) is 8.23. The van der Waals surface area contributed by atoms with Crippen LogP contribution >= 0.6 is 15.9 Å². The highest BCUT2D eigenvalue weighted by Gasteiger charge is 2.33. The van der Waals surface area contributed by atoms with E-state index >= 15 is 0 Å². The van der Waals surface area contributed by atoms with Gasteiger partial charge in [-0.25, -0.2) is 4.79 Å². The van der Waals surface area contributed by atoms with Crippen LogP contribution in [-0.4, -0.2) is 28.2 Å². The SMILES string of the molecule is O=C(OCc1ccccc1)N(Cc1cccc(Br)c1)CC1(O)CCCCC1. The Hall–Kier alpha value is -1.85. The lowest BCUT2D eigenvalue weighted by atomic mass is 9.84. The van der Waals surface area contributed by atoms with Crippen LogP contribution in [0.15, 0.2) is 59.1 Å². The van der Waals surface area contributed by atoms with Crippen molar-refractivity contribution in [3.8, 4) is 0 Å². The van der Waals surface area contributed by atoms with Crippen LogP contribution < -0.4 is 0 Å². The molecule has 1 aliphatic rings. The number of carbonyl (C=O) groups is 1. The fourth-order valence-corrected chi connectivity index (χ4v) is 4.02. The van der Waals surface area contributed by atoms with Crippen LogP contribution in [0, 0.1) is 0 Å². The van der Waals surface area contributed by atoms with E-state index < -0.39 is 11.7 Å². The fourth-order valence-electron chi connectivity index (χ4n) is 3.57. The summed E-state index contributed by atoms with van der Waals surface area (Å²) in [6.45, 7) is 0.940. The minimum atomic E-state index is -0.823. The third-order valence-corrected chi connectivity index (χ3v) is 5.49. The van der Waals surface area contributed by atoms with Crippen LogP contribution in [0.5, 0.6) is 0 Å². The van der Waals surface area contributed by atoms with Crippen molar-refractivity contribution in [2.24, 2.45) is 0 Å². The average Bonchev–Trinajstić information content (AvgIpc) is 2.67. The molecule has 27 heavy (non-hydrogen) atoms. The molecule has 5 heteroatoms. The zero-order valence-electron chi connectivity index (χ0n) is 15.4. The molecule has 1 saturated carbocycles. The van der Waals surface area contributed by atoms with Crippen molar-refractivity contribution in [3.05, 3.63) is 70.2 Å². The fraction of sp³-hybridized carbons (Fsp3) is 0.409. The number of rotatable bonds is 6. The van der Waals surface area contributed by atoms with Gasteiger partial charge in [-0.05, 0) is 36.1 Å². The van der Waals surface area contributed by atoms with Gasteiger partial charge in [-0.3, -0.25) is 0 Å². The van der Waals surface area contributed by atoms with Crippen molar-refractivity contribution in [1.29, 1.82) is 0 Å². The molecule has 1 aliphatic carbocycles. The molecule has 0 heterocycles. The summed E-state index contributed by atoms with van der Waals surface area (Å²) in [6, 6.07) is 17.5. The number of hydrogen-bond donors (Lipinski definition) is 1. The van der Waals surface area contributed by atoms with E-state index in [1.807, 2.05) is 54.6 Å². The van der Waals surface area contributed by atoms with E-state index in [-0.39, 0.29) is 6.61 Å². The Kier molecular flexibility index (Phi) is 6.91. The van der Waals surface area contributed by atoms with Gasteiger partial charge in [0.1, 0.15) is 6.61 Å². The quantitative estimate of drug-likeness (QED) is 0.676. The topological polar surface area (TPSA) is 49.8 Å². The smallest absolute Gasteiger partial charge is 0.410 e. The molecular weight excluding hydrogens is 406 g/mol. The number of amides is 1. The van der Waals surface area contributed by atoms with Gasteiger partial charge in [0.05, 0.1) is 12.1 Å². The predicted molar refractivity (Wildman–Crippen MR) is 109 cm³/mol. The molecule has 144 valence electrons. The van der Waals surface area contributed by atoms with Crippen LogP contribution in [0.4, 0.5) is 4.79 Å². The molecule has 0 unspecified atom stereocenters. The molecule has 2 aromatic rings. The molecule has 0 saturated heterocycles. The van der Waals surface area contributed by atoms with Crippen LogP contribution in [0.1, 0.15) is 43.2 Å². The van der Waals surface area contributed by atoms with Crippen molar-refractivity contribution < 1.29 is 14.6 Å². The highest BCUT2D eigenvalue weighted by Crippen LogP contribution is 2.29. The molecule has 1 fully saturated rings. The molecular formula is C22H26BrNO3. The normalized spacial score (nSPS) is 15.9. The summed E-state index contributed by atoms with van der Waals surface area (Å²) in [4.78, 5) is 14.4. The van der Waals surface area contributed by atoms with Crippen LogP contribution in [-0.2, 0) is 17.9 Å². The number of hydrogen-bond acceptors (Lipinski definition) is 3. The first-order valence-electron chi connectivity index (χ1n) is 9.47. The number of nitrogens with zero attached hydrogens (tertiary/aromatic N) is 1. The largest absolute Gasteiger partial charge is 0.445 e. The number of halogens is 1. The summed E-state index contributed by atoms with van der Waals surface area (Å²) in [5, 5.41) is 10.9. The van der Waals surface area contributed by atoms with Gasteiger partial charge in [0, 0.05) is 11.0 Å². The first-order chi connectivity index (χ1) is 13.0. The monoisotopic (exact) mass is 431 g/mol. The van der Waals surface area contributed by atoms with E-state index in [0.29, 0.717) is 13.1 Å². The molecule has 0 aromatic heterocycles. The molecule has 2 aromatic carbocycles. The van der Waals surface area contributed by atoms with Crippen molar-refractivity contribution in [3.63, 3.8) is 0 Å². The Labute approximate surface area is 169 Å². The lowest BCUT2D eigenvalue weighted by Crippen LogP contribution is -2.46. The summed E-state index contributed by atoms with van der Waals surface area (Å²) >= 11 is 3.48. The number of benzene rings is 2. The maximum atomic E-state index is 12.8. The van der Waals surface area contributed by atoms with Crippen molar-refractivity contribution in [1.82, 2.24) is 4.90 Å². The minimum absolute atomic E-state index is 0.229. The van der Waals surface area contributed by atoms with Gasteiger partial charge in [-0.2, -0.15) is 0 Å². The number of ether oxygens (including phenoxy) is 1. The second kappa shape index (κ2) is 9.38. The van der Waals surface area contributed by atoms with E-state index in [0.717, 1.165) is 47.7 Å². The van der Waals surface area contributed by atoms with Crippen LogP contribution in [0.25, 0.3) is 0 Å². The first-order valence-corrected chi connectivity index (χ1v) is 10.3. The highest BCUT2D eigenvalue weighted by atomic mass is 79.9. The third kappa shape index (κ3) is 6.08. The van der Waals surface area contributed by atoms with Gasteiger partial charge in [-0.15, -0.1) is 0 Å². The summed E-state index contributed by atoms with van der Waals surface area (Å²) in [6.07, 6.45) is 4.22. The van der Waals surface area contributed by atoms with E-state index in [1.54, 1.807) is 4.90 Å². The molecule has 0 spiro atoms. The molecule has 0 atom stereocenters. The van der Waals surface area contributed by atoms with Crippen LogP contribution in [0.2, 0.25) is 0 Å². The van der Waals surface area contributed by atoms with Crippen LogP contribution in [0.3, 0.4) is 0 Å². The molecule has 1 N–H and O–H groups in total. The number of carbonyl (C=O) groups excluding carboxylic acids is 1. The van der Waals surface area contributed by atoms with E-state index in [1.165, 1.54) is 0 Å². The van der Waals surface area contributed by atoms with Gasteiger partial charge < -0.3 is 14.7 Å². The third-order valence-electron chi connectivity index (χ3n) is 5.00. The minimum Gasteiger partial charge on any atom is -0.445 e. The molecule has 1 amide bonds. The van der Waals surface area contributed by atoms with Gasteiger partial charge in [-0.1, -0.05) is 77.7 Å². The molecule has 0 bridgehead atoms. The van der Waals surface area contributed by atoms with Crippen molar-refractivity contribution in [2.45, 2.75) is 50.9 Å². The zero-order valence-corrected chi connectivity index (χ0v) is 17.0. The average molecular weight is 432 g/mol. The summed E-state index contributed by atoms with van der Waals surface area (Å²) < 4.78 is 6.51. The van der Waals surface area contributed by atoms with Gasteiger partial charge >= 0.3 is 6.09 Å². The highest BCUT2D eigenvalue weighted by molar-refractivity contribution is 9.10. The van der Waals surface area contributed by atoms with Crippen molar-refractivity contribution in [2.75, 3.05) is 6.54 Å². The maximum absolute atomic E-state index is 12.8. The molecule has 4 nitrogen and oxygen atoms in total. The summed E-state index contributed by atoms with van der Waals surface area (Å²) in [7, 11) is 0. The lowest BCUT2D eigenvalue weighted by Gasteiger charge is -2.36. The Morgan fingerprint density at radius 3 is 2.44 bits per heavy atom. The Morgan fingerprint density at radius 2 is 1.74 bits per heavy atom. The van der Waals surface area contributed by atoms with Crippen molar-refractivity contribution >= 4 is 22.0 Å². The maximum Gasteiger partial charge on any atom is 0.410 e. The summed E-state index contributed by atoms with van der Waals surface area (Å²) in [5.74, 6) is 0. The molecule has 0 radical (unpaired) electrons. The second-order valence-electron chi connectivity index (χ2n) is 7.31. The first kappa shape index (κ1) is 19.9. The molecule has 3 rings (SSSR count). The Balaban J connectivity index is 1.70. The van der Waals surface area contributed by atoms with E-state index in [2.05, 4.69) is 15.9 Å². The zero-order chi connectivity index (χ0) is 19.1. The Morgan fingerprint density at radius 1 is 1.04 bits per heavy atom. The number of aliphatic hydroxyl groups is 1. The van der Waals surface area contributed by atoms with Gasteiger partial charge in [0.2, 0.25) is 0 Å². The standard InChI is InChI=1S/C22H26BrNO3/c23-20-11-7-10-19(14-20)15-24(17-22(26)12-5-2-6-13-22)21(25)27-16-18-8-3-1-4-9-18/h1,3-4,7-11,14,26H,2,5-6,12-13,15-17H2. The van der Waals surface area contributed by atoms with E-state index in [9.17, 15) is 9.90 Å². The van der Waals surface area contributed by atoms with Gasteiger partial charge in [0.25, 0.3) is 0 Å². The lowest BCUT2D eigenvalue weighted by molar-refractivity contribution is -0.0282. The Bertz CT molecular complexity index is 744. The van der Waals surface area contributed by atoms with Gasteiger partial charge in [0.15, 0.2) is 0 Å². The summed E-state index contributed by atoms with van der Waals surface area (Å²) in [5.41, 5.74) is 1.13. The predicted octanol–water partition coefficient (Wildman–Crippen LogP) is 5.28. The van der Waals surface area contributed by atoms with E-state index in [4.69, 9.17) is 4.74 Å². The molecule has 0 aliphatic heterocycles.